The maximum atomic E-state index is 12.9. The Bertz CT molecular complexity index is 1240. The molecule has 12 nitrogen and oxygen atoms in total. The monoisotopic (exact) mass is 554 g/mol. The SMILES string of the molecule is C[C@H](N)C1CCN(Cc2ccc(-n3ccc(NC(=O)N4CCN(C(=O)[C@@](C)(N)CO)C[C@H]4C)nc3=O)cc2)CC1. The van der Waals surface area contributed by atoms with E-state index in [1.54, 1.807) is 22.1 Å². The molecular weight excluding hydrogens is 512 g/mol. The van der Waals surface area contributed by atoms with Crippen molar-refractivity contribution in [3.05, 3.63) is 52.6 Å². The summed E-state index contributed by atoms with van der Waals surface area (Å²) in [5, 5.41) is 12.1. The topological polar surface area (TPSA) is 163 Å². The van der Waals surface area contributed by atoms with Crippen LogP contribution in [0.1, 0.15) is 39.2 Å². The predicted octanol–water partition coefficient (Wildman–Crippen LogP) is 0.566. The Morgan fingerprint density at radius 2 is 1.82 bits per heavy atom. The number of hydrogen-bond acceptors (Lipinski definition) is 8. The van der Waals surface area contributed by atoms with Gasteiger partial charge in [-0.3, -0.25) is 19.6 Å². The van der Waals surface area contributed by atoms with E-state index in [0.717, 1.165) is 32.5 Å². The van der Waals surface area contributed by atoms with Crippen molar-refractivity contribution in [2.45, 2.75) is 57.8 Å². The fraction of sp³-hybridized carbons (Fsp3) is 0.571. The van der Waals surface area contributed by atoms with Crippen LogP contribution < -0.4 is 22.5 Å². The molecular formula is C28H42N8O4. The molecule has 3 amide bonds. The number of rotatable bonds is 7. The van der Waals surface area contributed by atoms with E-state index in [-0.39, 0.29) is 36.9 Å². The molecule has 0 aliphatic carbocycles. The number of anilines is 1. The van der Waals surface area contributed by atoms with E-state index in [4.69, 9.17) is 11.5 Å². The van der Waals surface area contributed by atoms with Crippen LogP contribution in [0.25, 0.3) is 5.69 Å². The summed E-state index contributed by atoms with van der Waals surface area (Å²) in [5.41, 5.74) is 11.9. The Kier molecular flexibility index (Phi) is 9.24. The summed E-state index contributed by atoms with van der Waals surface area (Å²) < 4.78 is 1.44. The number of piperidine rings is 1. The van der Waals surface area contributed by atoms with Gasteiger partial charge in [0, 0.05) is 44.5 Å². The number of benzene rings is 1. The number of carbonyl (C=O) groups excluding carboxylic acids is 2. The first-order valence-corrected chi connectivity index (χ1v) is 13.9. The zero-order valence-electron chi connectivity index (χ0n) is 23.6. The standard InChI is InChI=1S/C28H42N8O4/c1-19-16-34(25(38)28(3,30)18-37)14-15-35(19)26(39)31-24-10-13-36(27(40)32-24)23-6-4-21(5-7-23)17-33-11-8-22(9-12-33)20(2)29/h4-7,10,13,19-20,22,37H,8-9,11-12,14-18,29-30H2,1-3H3,(H,31,32,39,40)/t19-,20+,28+/m1/s1. The summed E-state index contributed by atoms with van der Waals surface area (Å²) in [5.74, 6) is 0.385. The fourth-order valence-electron chi connectivity index (χ4n) is 5.38. The van der Waals surface area contributed by atoms with E-state index < -0.39 is 23.9 Å². The molecule has 2 aromatic rings. The van der Waals surface area contributed by atoms with E-state index in [9.17, 15) is 19.5 Å². The molecule has 218 valence electrons. The Labute approximate surface area is 234 Å². The van der Waals surface area contributed by atoms with E-state index in [0.29, 0.717) is 18.2 Å². The zero-order chi connectivity index (χ0) is 29.0. The van der Waals surface area contributed by atoms with Crippen molar-refractivity contribution in [3.8, 4) is 5.69 Å². The lowest BCUT2D eigenvalue weighted by Crippen LogP contribution is -2.62. The first-order chi connectivity index (χ1) is 19.0. The number of carbonyl (C=O) groups is 2. The third-order valence-electron chi connectivity index (χ3n) is 8.03. The van der Waals surface area contributed by atoms with Crippen LogP contribution in [0, 0.1) is 5.92 Å². The third kappa shape index (κ3) is 6.87. The molecule has 12 heteroatoms. The quantitative estimate of drug-likeness (QED) is 0.386. The first-order valence-electron chi connectivity index (χ1n) is 13.9. The Morgan fingerprint density at radius 3 is 2.40 bits per heavy atom. The van der Waals surface area contributed by atoms with Gasteiger partial charge < -0.3 is 26.4 Å². The number of nitrogens with zero attached hydrogens (tertiary/aromatic N) is 5. The van der Waals surface area contributed by atoms with Gasteiger partial charge in [-0.05, 0) is 76.4 Å². The molecule has 3 atom stereocenters. The number of likely N-dealkylation sites (tertiary alicyclic amines) is 1. The number of aliphatic hydroxyl groups excluding tert-OH is 1. The van der Waals surface area contributed by atoms with Crippen LogP contribution in [0.3, 0.4) is 0 Å². The highest BCUT2D eigenvalue weighted by molar-refractivity contribution is 5.89. The zero-order valence-corrected chi connectivity index (χ0v) is 23.6. The summed E-state index contributed by atoms with van der Waals surface area (Å²) in [4.78, 5) is 47.9. The molecule has 0 saturated carbocycles. The second kappa shape index (κ2) is 12.5. The van der Waals surface area contributed by atoms with E-state index in [2.05, 4.69) is 22.1 Å². The van der Waals surface area contributed by atoms with Crippen LogP contribution in [-0.4, -0.2) is 98.2 Å². The predicted molar refractivity (Wildman–Crippen MR) is 153 cm³/mol. The van der Waals surface area contributed by atoms with Gasteiger partial charge in [-0.15, -0.1) is 0 Å². The van der Waals surface area contributed by atoms with Crippen LogP contribution in [0.5, 0.6) is 0 Å². The smallest absolute Gasteiger partial charge is 0.354 e. The van der Waals surface area contributed by atoms with Crippen LogP contribution in [0.4, 0.5) is 10.6 Å². The van der Waals surface area contributed by atoms with Crippen LogP contribution >= 0.6 is 0 Å². The molecule has 0 radical (unpaired) electrons. The highest BCUT2D eigenvalue weighted by atomic mass is 16.3. The molecule has 2 aliphatic rings. The summed E-state index contributed by atoms with van der Waals surface area (Å²) in [7, 11) is 0. The summed E-state index contributed by atoms with van der Waals surface area (Å²) in [6, 6.07) is 8.97. The van der Waals surface area contributed by atoms with Crippen LogP contribution in [-0.2, 0) is 11.3 Å². The molecule has 4 rings (SSSR count). The Balaban J connectivity index is 1.33. The maximum Gasteiger partial charge on any atom is 0.354 e. The molecule has 2 fully saturated rings. The molecule has 0 unspecified atom stereocenters. The van der Waals surface area contributed by atoms with Gasteiger partial charge in [0.15, 0.2) is 0 Å². The number of aromatic nitrogens is 2. The molecule has 1 aromatic carbocycles. The lowest BCUT2D eigenvalue weighted by atomic mass is 9.91. The molecule has 0 bridgehead atoms. The van der Waals surface area contributed by atoms with Crippen molar-refractivity contribution in [1.82, 2.24) is 24.3 Å². The summed E-state index contributed by atoms with van der Waals surface area (Å²) >= 11 is 0. The normalized spacial score (nSPS) is 21.1. The van der Waals surface area contributed by atoms with Crippen molar-refractivity contribution in [2.75, 3.05) is 44.6 Å². The number of amides is 3. The highest BCUT2D eigenvalue weighted by Crippen LogP contribution is 2.21. The maximum absolute atomic E-state index is 12.9. The molecule has 0 spiro atoms. The van der Waals surface area contributed by atoms with Crippen LogP contribution in [0.2, 0.25) is 0 Å². The van der Waals surface area contributed by atoms with Gasteiger partial charge in [0.1, 0.15) is 11.4 Å². The second-order valence-electron chi connectivity index (χ2n) is 11.4. The lowest BCUT2D eigenvalue weighted by molar-refractivity contribution is -0.140. The number of hydrogen-bond donors (Lipinski definition) is 4. The number of piperazine rings is 1. The molecule has 2 aliphatic heterocycles. The van der Waals surface area contributed by atoms with Crippen molar-refractivity contribution >= 4 is 17.8 Å². The van der Waals surface area contributed by atoms with Crippen molar-refractivity contribution in [1.29, 1.82) is 0 Å². The van der Waals surface area contributed by atoms with Crippen LogP contribution in [0.15, 0.2) is 41.3 Å². The molecule has 2 saturated heterocycles. The van der Waals surface area contributed by atoms with Gasteiger partial charge in [0.05, 0.1) is 12.3 Å². The average molecular weight is 555 g/mol. The molecule has 1 aromatic heterocycles. The largest absolute Gasteiger partial charge is 0.394 e. The minimum Gasteiger partial charge on any atom is -0.394 e. The van der Waals surface area contributed by atoms with Gasteiger partial charge in [-0.25, -0.2) is 9.59 Å². The van der Waals surface area contributed by atoms with Gasteiger partial charge in [0.25, 0.3) is 0 Å². The number of nitrogens with one attached hydrogen (secondary N) is 1. The summed E-state index contributed by atoms with van der Waals surface area (Å²) in [6.07, 6.45) is 3.83. The average Bonchev–Trinajstić information content (AvgIpc) is 2.93. The fourth-order valence-corrected chi connectivity index (χ4v) is 5.38. The molecule has 40 heavy (non-hydrogen) atoms. The Hall–Kier alpha value is -3.32. The molecule has 6 N–H and O–H groups in total. The van der Waals surface area contributed by atoms with Gasteiger partial charge in [-0.2, -0.15) is 4.98 Å². The number of aliphatic hydroxyl groups is 1. The minimum atomic E-state index is -1.36. The second-order valence-corrected chi connectivity index (χ2v) is 11.4. The van der Waals surface area contributed by atoms with E-state index in [1.807, 2.05) is 31.2 Å². The van der Waals surface area contributed by atoms with E-state index >= 15 is 0 Å². The first kappa shape index (κ1) is 29.7. The van der Waals surface area contributed by atoms with Crippen molar-refractivity contribution in [2.24, 2.45) is 17.4 Å². The highest BCUT2D eigenvalue weighted by Gasteiger charge is 2.37. The van der Waals surface area contributed by atoms with Gasteiger partial charge in [-0.1, -0.05) is 12.1 Å². The third-order valence-corrected chi connectivity index (χ3v) is 8.03. The van der Waals surface area contributed by atoms with Crippen molar-refractivity contribution < 1.29 is 14.7 Å². The van der Waals surface area contributed by atoms with Crippen molar-refractivity contribution in [3.63, 3.8) is 0 Å². The summed E-state index contributed by atoms with van der Waals surface area (Å²) in [6.45, 7) is 8.72. The minimum absolute atomic E-state index is 0.151. The molecule has 3 heterocycles. The van der Waals surface area contributed by atoms with E-state index in [1.165, 1.54) is 17.1 Å². The lowest BCUT2D eigenvalue weighted by Gasteiger charge is -2.41. The number of urea groups is 1. The number of nitrogens with two attached hydrogens (primary N) is 2. The van der Waals surface area contributed by atoms with Gasteiger partial charge in [0.2, 0.25) is 5.91 Å². The van der Waals surface area contributed by atoms with Gasteiger partial charge >= 0.3 is 11.7 Å². The Morgan fingerprint density at radius 1 is 1.15 bits per heavy atom.